The molecule has 0 radical (unpaired) electrons. The summed E-state index contributed by atoms with van der Waals surface area (Å²) in [5, 5.41) is 28.8. The van der Waals surface area contributed by atoms with Crippen molar-refractivity contribution in [1.29, 1.82) is 5.26 Å². The molecule has 1 N–H and O–H groups in total. The molecule has 1 unspecified atom stereocenters. The van der Waals surface area contributed by atoms with Crippen LogP contribution in [0.1, 0.15) is 5.56 Å². The molecule has 0 aliphatic rings. The summed E-state index contributed by atoms with van der Waals surface area (Å²) in [5.41, 5.74) is -0.134. The molecular formula is C11H12N2O5. The zero-order valence-corrected chi connectivity index (χ0v) is 9.70. The highest BCUT2D eigenvalue weighted by Crippen LogP contribution is 2.27. The highest BCUT2D eigenvalue weighted by atomic mass is 16.6. The Labute approximate surface area is 103 Å². The van der Waals surface area contributed by atoms with Crippen molar-refractivity contribution in [2.24, 2.45) is 0 Å². The smallest absolute Gasteiger partial charge is 0.312 e. The second-order valence-electron chi connectivity index (χ2n) is 3.47. The number of aliphatic hydroxyl groups is 1. The number of aliphatic hydroxyl groups excluding tert-OH is 1. The van der Waals surface area contributed by atoms with Crippen molar-refractivity contribution in [3.8, 4) is 11.8 Å². The second kappa shape index (κ2) is 6.54. The third-order valence-electron chi connectivity index (χ3n) is 2.08. The van der Waals surface area contributed by atoms with Gasteiger partial charge >= 0.3 is 5.69 Å². The molecule has 0 aliphatic carbocycles. The van der Waals surface area contributed by atoms with E-state index in [1.807, 2.05) is 0 Å². The highest BCUT2D eigenvalue weighted by Gasteiger charge is 2.17. The lowest BCUT2D eigenvalue weighted by atomic mass is 10.2. The van der Waals surface area contributed by atoms with Crippen LogP contribution in [0.2, 0.25) is 0 Å². The molecule has 18 heavy (non-hydrogen) atoms. The predicted octanol–water partition coefficient (Wildman–Crippen LogP) is 0.853. The number of nitro benzene ring substituents is 1. The number of methoxy groups -OCH3 is 1. The first kappa shape index (κ1) is 13.9. The van der Waals surface area contributed by atoms with Gasteiger partial charge in [-0.2, -0.15) is 5.26 Å². The highest BCUT2D eigenvalue weighted by molar-refractivity contribution is 5.51. The second-order valence-corrected chi connectivity index (χ2v) is 3.47. The lowest BCUT2D eigenvalue weighted by Crippen LogP contribution is -2.22. The van der Waals surface area contributed by atoms with E-state index in [0.29, 0.717) is 0 Å². The van der Waals surface area contributed by atoms with Crippen LogP contribution >= 0.6 is 0 Å². The first-order chi connectivity index (χ1) is 8.58. The molecule has 0 aliphatic heterocycles. The van der Waals surface area contributed by atoms with Gasteiger partial charge in [-0.15, -0.1) is 0 Å². The molecular weight excluding hydrogens is 240 g/mol. The Balaban J connectivity index is 2.82. The van der Waals surface area contributed by atoms with Gasteiger partial charge in [-0.05, 0) is 12.1 Å². The van der Waals surface area contributed by atoms with Crippen LogP contribution in [0, 0.1) is 21.4 Å². The molecule has 0 saturated carbocycles. The van der Waals surface area contributed by atoms with E-state index in [1.54, 1.807) is 6.07 Å². The molecule has 7 heteroatoms. The Morgan fingerprint density at radius 1 is 1.56 bits per heavy atom. The van der Waals surface area contributed by atoms with Gasteiger partial charge in [0.25, 0.3) is 0 Å². The van der Waals surface area contributed by atoms with Gasteiger partial charge in [0.1, 0.15) is 12.7 Å². The SMILES string of the molecule is COCC(O)COc1ccc(C#N)cc1[N+](=O)[O-]. The van der Waals surface area contributed by atoms with Crippen LogP contribution in [0.5, 0.6) is 5.75 Å². The Kier molecular flexibility index (Phi) is 5.05. The third kappa shape index (κ3) is 3.69. The van der Waals surface area contributed by atoms with Gasteiger partial charge in [-0.3, -0.25) is 10.1 Å². The Bertz CT molecular complexity index is 469. The van der Waals surface area contributed by atoms with Gasteiger partial charge in [0, 0.05) is 13.2 Å². The molecule has 1 atom stereocenters. The minimum Gasteiger partial charge on any atom is -0.484 e. The minimum absolute atomic E-state index is 0.00848. The maximum Gasteiger partial charge on any atom is 0.312 e. The fraction of sp³-hybridized carbons (Fsp3) is 0.364. The van der Waals surface area contributed by atoms with E-state index < -0.39 is 11.0 Å². The van der Waals surface area contributed by atoms with E-state index in [9.17, 15) is 15.2 Å². The third-order valence-corrected chi connectivity index (χ3v) is 2.08. The average Bonchev–Trinajstić information content (AvgIpc) is 2.36. The van der Waals surface area contributed by atoms with Crippen molar-refractivity contribution < 1.29 is 19.5 Å². The molecule has 0 heterocycles. The van der Waals surface area contributed by atoms with Gasteiger partial charge in [0.15, 0.2) is 5.75 Å². The summed E-state index contributed by atoms with van der Waals surface area (Å²) in [6, 6.07) is 5.67. The number of rotatable bonds is 6. The molecule has 0 amide bonds. The quantitative estimate of drug-likeness (QED) is 0.594. The number of ether oxygens (including phenoxy) is 2. The summed E-state index contributed by atoms with van der Waals surface area (Å²) >= 11 is 0. The van der Waals surface area contributed by atoms with E-state index in [1.165, 1.54) is 19.2 Å². The first-order valence-electron chi connectivity index (χ1n) is 5.06. The Morgan fingerprint density at radius 2 is 2.28 bits per heavy atom. The van der Waals surface area contributed by atoms with Crippen LogP contribution in [-0.4, -0.2) is 36.5 Å². The molecule has 0 saturated heterocycles. The van der Waals surface area contributed by atoms with Crippen molar-refractivity contribution in [3.05, 3.63) is 33.9 Å². The van der Waals surface area contributed by atoms with Gasteiger partial charge < -0.3 is 14.6 Å². The van der Waals surface area contributed by atoms with E-state index in [0.717, 1.165) is 6.07 Å². The number of hydrogen-bond donors (Lipinski definition) is 1. The normalized spacial score (nSPS) is 11.6. The topological polar surface area (TPSA) is 106 Å². The molecule has 0 fully saturated rings. The van der Waals surface area contributed by atoms with Gasteiger partial charge in [0.2, 0.25) is 0 Å². The van der Waals surface area contributed by atoms with Crippen molar-refractivity contribution in [1.82, 2.24) is 0 Å². The fourth-order valence-electron chi connectivity index (χ4n) is 1.28. The largest absolute Gasteiger partial charge is 0.484 e. The van der Waals surface area contributed by atoms with Crippen LogP contribution in [0.4, 0.5) is 5.69 Å². The molecule has 0 aromatic heterocycles. The van der Waals surface area contributed by atoms with E-state index in [4.69, 9.17) is 14.7 Å². The maximum absolute atomic E-state index is 10.8. The zero-order valence-electron chi connectivity index (χ0n) is 9.70. The average molecular weight is 252 g/mol. The van der Waals surface area contributed by atoms with Crippen LogP contribution in [0.3, 0.4) is 0 Å². The number of nitrogens with zero attached hydrogens (tertiary/aromatic N) is 2. The molecule has 96 valence electrons. The summed E-state index contributed by atoms with van der Waals surface area (Å²) in [6.45, 7) is -0.0509. The fourth-order valence-corrected chi connectivity index (χ4v) is 1.28. The summed E-state index contributed by atoms with van der Waals surface area (Å²) in [6.07, 6.45) is -0.870. The molecule has 1 rings (SSSR count). The van der Waals surface area contributed by atoms with E-state index in [-0.39, 0.29) is 30.2 Å². The standard InChI is InChI=1S/C11H12N2O5/c1-17-6-9(14)7-18-11-3-2-8(5-12)4-10(11)13(15)16/h2-4,9,14H,6-7H2,1H3. The Hall–Kier alpha value is -2.17. The minimum atomic E-state index is -0.870. The molecule has 0 bridgehead atoms. The van der Waals surface area contributed by atoms with E-state index >= 15 is 0 Å². The van der Waals surface area contributed by atoms with Gasteiger partial charge in [0.05, 0.1) is 23.2 Å². The lowest BCUT2D eigenvalue weighted by molar-refractivity contribution is -0.386. The Morgan fingerprint density at radius 3 is 2.83 bits per heavy atom. The van der Waals surface area contributed by atoms with Crippen LogP contribution in [-0.2, 0) is 4.74 Å². The molecule has 1 aromatic carbocycles. The maximum atomic E-state index is 10.8. The number of hydrogen-bond acceptors (Lipinski definition) is 6. The van der Waals surface area contributed by atoms with Crippen molar-refractivity contribution in [2.75, 3.05) is 20.3 Å². The zero-order chi connectivity index (χ0) is 13.5. The number of nitriles is 1. The monoisotopic (exact) mass is 252 g/mol. The van der Waals surface area contributed by atoms with Crippen molar-refractivity contribution >= 4 is 5.69 Å². The first-order valence-corrected chi connectivity index (χ1v) is 5.06. The van der Waals surface area contributed by atoms with Crippen LogP contribution < -0.4 is 4.74 Å². The molecule has 0 spiro atoms. The van der Waals surface area contributed by atoms with Crippen molar-refractivity contribution in [3.63, 3.8) is 0 Å². The number of benzene rings is 1. The summed E-state index contributed by atoms with van der Waals surface area (Å²) in [5.74, 6) is 0.00848. The predicted molar refractivity (Wildman–Crippen MR) is 61.2 cm³/mol. The lowest BCUT2D eigenvalue weighted by Gasteiger charge is -2.11. The van der Waals surface area contributed by atoms with Gasteiger partial charge in [-0.25, -0.2) is 0 Å². The summed E-state index contributed by atoms with van der Waals surface area (Å²) < 4.78 is 9.83. The van der Waals surface area contributed by atoms with Crippen LogP contribution in [0.25, 0.3) is 0 Å². The van der Waals surface area contributed by atoms with E-state index in [2.05, 4.69) is 0 Å². The molecule has 1 aromatic rings. The number of nitro groups is 1. The van der Waals surface area contributed by atoms with Gasteiger partial charge in [-0.1, -0.05) is 0 Å². The summed E-state index contributed by atoms with van der Waals surface area (Å²) in [7, 11) is 1.42. The summed E-state index contributed by atoms with van der Waals surface area (Å²) in [4.78, 5) is 10.1. The van der Waals surface area contributed by atoms with Crippen molar-refractivity contribution in [2.45, 2.75) is 6.10 Å². The van der Waals surface area contributed by atoms with Crippen LogP contribution in [0.15, 0.2) is 18.2 Å². The molecule has 7 nitrogen and oxygen atoms in total.